The minimum absolute atomic E-state index is 0.0512. The summed E-state index contributed by atoms with van der Waals surface area (Å²) in [4.78, 5) is 13.3. The molecule has 5 nitrogen and oxygen atoms in total. The van der Waals surface area contributed by atoms with Crippen molar-refractivity contribution in [1.29, 1.82) is 0 Å². The van der Waals surface area contributed by atoms with E-state index in [1.54, 1.807) is 0 Å². The van der Waals surface area contributed by atoms with Crippen LogP contribution >= 0.6 is 0 Å². The molecule has 0 saturated carbocycles. The zero-order chi connectivity index (χ0) is 20.3. The van der Waals surface area contributed by atoms with Crippen LogP contribution in [-0.4, -0.2) is 17.8 Å². The number of hydrogen-bond donors (Lipinski definition) is 2. The number of fused-ring (bicyclic) bond motifs is 2. The highest BCUT2D eigenvalue weighted by Crippen LogP contribution is 2.51. The number of phenolic OH excluding ortho intramolecular Hbond substituents is 1. The van der Waals surface area contributed by atoms with Gasteiger partial charge in [-0.1, -0.05) is 18.2 Å². The second-order valence-electron chi connectivity index (χ2n) is 6.73. The van der Waals surface area contributed by atoms with Gasteiger partial charge in [-0.05, 0) is 41.5 Å². The van der Waals surface area contributed by atoms with E-state index in [1.165, 1.54) is 36.4 Å². The Kier molecular flexibility index (Phi) is 3.55. The molecule has 0 fully saturated rings. The molecule has 0 aliphatic carbocycles. The van der Waals surface area contributed by atoms with E-state index in [0.717, 1.165) is 12.1 Å². The van der Waals surface area contributed by atoms with Gasteiger partial charge in [0, 0.05) is 5.56 Å². The van der Waals surface area contributed by atoms with E-state index in [4.69, 9.17) is 9.47 Å². The number of nitrogens with one attached hydrogen (secondary N) is 1. The molecular formula is C21H12F3NO4. The Morgan fingerprint density at radius 2 is 1.69 bits per heavy atom. The number of benzene rings is 3. The number of aromatic hydroxyl groups is 1. The van der Waals surface area contributed by atoms with Crippen molar-refractivity contribution in [1.82, 2.24) is 0 Å². The van der Waals surface area contributed by atoms with Crippen molar-refractivity contribution < 1.29 is 32.5 Å². The molecule has 2 aliphatic heterocycles. The predicted octanol–water partition coefficient (Wildman–Crippen LogP) is 3.82. The van der Waals surface area contributed by atoms with E-state index in [9.17, 15) is 23.1 Å². The molecule has 0 aromatic heterocycles. The van der Waals surface area contributed by atoms with Crippen LogP contribution in [-0.2, 0) is 10.2 Å². The molecule has 0 saturated heterocycles. The Labute approximate surface area is 162 Å². The molecule has 0 radical (unpaired) electrons. The molecule has 3 aromatic carbocycles. The topological polar surface area (TPSA) is 67.8 Å². The number of carbonyl (C=O) groups excluding carboxylic acids is 1. The van der Waals surface area contributed by atoms with Crippen molar-refractivity contribution in [2.24, 2.45) is 0 Å². The Morgan fingerprint density at radius 3 is 2.45 bits per heavy atom. The van der Waals surface area contributed by atoms with Gasteiger partial charge < -0.3 is 19.9 Å². The van der Waals surface area contributed by atoms with Crippen LogP contribution in [0.15, 0.2) is 48.5 Å². The van der Waals surface area contributed by atoms with Gasteiger partial charge in [-0.3, -0.25) is 4.79 Å². The van der Waals surface area contributed by atoms with E-state index < -0.39 is 28.8 Å². The first-order chi connectivity index (χ1) is 13.9. The van der Waals surface area contributed by atoms with Gasteiger partial charge in [0.2, 0.25) is 18.4 Å². The van der Waals surface area contributed by atoms with E-state index in [0.29, 0.717) is 5.56 Å². The lowest BCUT2D eigenvalue weighted by Crippen LogP contribution is -2.37. The van der Waals surface area contributed by atoms with Gasteiger partial charge in [-0.25, -0.2) is 13.2 Å². The van der Waals surface area contributed by atoms with Gasteiger partial charge in [-0.15, -0.1) is 0 Å². The van der Waals surface area contributed by atoms with Crippen molar-refractivity contribution in [3.05, 3.63) is 82.7 Å². The van der Waals surface area contributed by atoms with Crippen molar-refractivity contribution >= 4 is 11.6 Å². The molecule has 1 unspecified atom stereocenters. The maximum atomic E-state index is 14.7. The highest BCUT2D eigenvalue weighted by Gasteiger charge is 2.52. The van der Waals surface area contributed by atoms with E-state index >= 15 is 0 Å². The average molecular weight is 399 g/mol. The zero-order valence-electron chi connectivity index (χ0n) is 14.6. The number of halogens is 3. The summed E-state index contributed by atoms with van der Waals surface area (Å²) in [6.07, 6.45) is 0. The number of rotatable bonds is 2. The van der Waals surface area contributed by atoms with Crippen LogP contribution in [0.4, 0.5) is 18.9 Å². The summed E-state index contributed by atoms with van der Waals surface area (Å²) in [5, 5.41) is 12.0. The van der Waals surface area contributed by atoms with Gasteiger partial charge in [-0.2, -0.15) is 0 Å². The highest BCUT2D eigenvalue weighted by atomic mass is 19.2. The van der Waals surface area contributed by atoms with Crippen molar-refractivity contribution in [2.75, 3.05) is 12.1 Å². The Hall–Kier alpha value is -3.68. The third-order valence-electron chi connectivity index (χ3n) is 5.24. The Bertz CT molecular complexity index is 1180. The third-order valence-corrected chi connectivity index (χ3v) is 5.24. The summed E-state index contributed by atoms with van der Waals surface area (Å²) < 4.78 is 53.3. The SMILES string of the molecule is O=C1Nc2c(ccc(F)c2F)C1(c1ccc(O)cc1)c1cc(F)c2c(c1)OCO2. The van der Waals surface area contributed by atoms with Gasteiger partial charge in [0.25, 0.3) is 0 Å². The molecule has 1 amide bonds. The summed E-state index contributed by atoms with van der Waals surface area (Å²) >= 11 is 0. The highest BCUT2D eigenvalue weighted by molar-refractivity contribution is 6.11. The molecule has 146 valence electrons. The fraction of sp³-hybridized carbons (Fsp3) is 0.0952. The maximum Gasteiger partial charge on any atom is 0.244 e. The van der Waals surface area contributed by atoms with E-state index in [1.807, 2.05) is 0 Å². The fourth-order valence-corrected chi connectivity index (χ4v) is 3.95. The van der Waals surface area contributed by atoms with Gasteiger partial charge in [0.1, 0.15) is 11.2 Å². The summed E-state index contributed by atoms with van der Waals surface area (Å²) in [5.74, 6) is -3.82. The summed E-state index contributed by atoms with van der Waals surface area (Å²) in [6.45, 7) is -0.176. The smallest absolute Gasteiger partial charge is 0.244 e. The van der Waals surface area contributed by atoms with Crippen LogP contribution in [0.25, 0.3) is 0 Å². The van der Waals surface area contributed by atoms with E-state index in [2.05, 4.69) is 5.32 Å². The monoisotopic (exact) mass is 399 g/mol. The number of hydrogen-bond acceptors (Lipinski definition) is 4. The molecule has 5 rings (SSSR count). The summed E-state index contributed by atoms with van der Waals surface area (Å²) in [7, 11) is 0. The molecule has 2 aliphatic rings. The molecule has 8 heteroatoms. The van der Waals surface area contributed by atoms with Crippen LogP contribution in [0.3, 0.4) is 0 Å². The summed E-state index contributed by atoms with van der Waals surface area (Å²) in [6, 6.07) is 10.4. The minimum Gasteiger partial charge on any atom is -0.508 e. The summed E-state index contributed by atoms with van der Waals surface area (Å²) in [5.41, 5.74) is -1.42. The second kappa shape index (κ2) is 5.91. The van der Waals surface area contributed by atoms with Gasteiger partial charge in [0.05, 0.1) is 5.69 Å². The second-order valence-corrected chi connectivity index (χ2v) is 6.73. The predicted molar refractivity (Wildman–Crippen MR) is 95.5 cm³/mol. The Balaban J connectivity index is 1.87. The molecular weight excluding hydrogens is 387 g/mol. The molecule has 3 aromatic rings. The van der Waals surface area contributed by atoms with Crippen LogP contribution in [0.2, 0.25) is 0 Å². The molecule has 1 atom stereocenters. The van der Waals surface area contributed by atoms with Crippen molar-refractivity contribution in [3.63, 3.8) is 0 Å². The van der Waals surface area contributed by atoms with Gasteiger partial charge >= 0.3 is 0 Å². The van der Waals surface area contributed by atoms with Crippen LogP contribution in [0.1, 0.15) is 16.7 Å². The largest absolute Gasteiger partial charge is 0.508 e. The molecule has 0 bridgehead atoms. The zero-order valence-corrected chi connectivity index (χ0v) is 14.6. The van der Waals surface area contributed by atoms with Crippen LogP contribution < -0.4 is 14.8 Å². The number of amides is 1. The number of phenols is 1. The fourth-order valence-electron chi connectivity index (χ4n) is 3.95. The first kappa shape index (κ1) is 17.4. The van der Waals surface area contributed by atoms with E-state index in [-0.39, 0.29) is 40.9 Å². The maximum absolute atomic E-state index is 14.7. The number of anilines is 1. The molecule has 2 N–H and O–H groups in total. The standard InChI is InChI=1S/C21H12F3NO4/c22-14-6-5-13-18(17(14)24)25-20(27)21(13,10-1-3-12(26)4-2-10)11-7-15(23)19-16(8-11)28-9-29-19/h1-8,26H,9H2,(H,25,27). The molecule has 29 heavy (non-hydrogen) atoms. The lowest BCUT2D eigenvalue weighted by molar-refractivity contribution is -0.118. The van der Waals surface area contributed by atoms with Crippen molar-refractivity contribution in [2.45, 2.75) is 5.41 Å². The normalized spacial score (nSPS) is 19.2. The lowest BCUT2D eigenvalue weighted by Gasteiger charge is -2.29. The van der Waals surface area contributed by atoms with Crippen LogP contribution in [0.5, 0.6) is 17.2 Å². The third kappa shape index (κ3) is 2.25. The number of carbonyl (C=O) groups is 1. The van der Waals surface area contributed by atoms with Crippen LogP contribution in [0, 0.1) is 17.5 Å². The molecule has 0 spiro atoms. The lowest BCUT2D eigenvalue weighted by atomic mass is 9.70. The Morgan fingerprint density at radius 1 is 0.931 bits per heavy atom. The first-order valence-corrected chi connectivity index (χ1v) is 8.62. The first-order valence-electron chi connectivity index (χ1n) is 8.62. The minimum atomic E-state index is -1.70. The van der Waals surface area contributed by atoms with Crippen molar-refractivity contribution in [3.8, 4) is 17.2 Å². The van der Waals surface area contributed by atoms with Gasteiger partial charge in [0.15, 0.2) is 23.2 Å². The average Bonchev–Trinajstić information content (AvgIpc) is 3.29. The molecule has 2 heterocycles. The number of ether oxygens (including phenoxy) is 2. The quantitative estimate of drug-likeness (QED) is 0.688.